The van der Waals surface area contributed by atoms with Crippen molar-refractivity contribution < 1.29 is 4.74 Å². The summed E-state index contributed by atoms with van der Waals surface area (Å²) >= 11 is 0. The molecule has 0 aromatic heterocycles. The summed E-state index contributed by atoms with van der Waals surface area (Å²) in [5.41, 5.74) is 2.92. The lowest BCUT2D eigenvalue weighted by Crippen LogP contribution is -2.43. The van der Waals surface area contributed by atoms with Gasteiger partial charge in [0, 0.05) is 12.6 Å². The second-order valence-electron chi connectivity index (χ2n) is 5.51. The third-order valence-corrected chi connectivity index (χ3v) is 4.21. The summed E-state index contributed by atoms with van der Waals surface area (Å²) in [7, 11) is 0. The Morgan fingerprint density at radius 2 is 2.06 bits per heavy atom. The maximum absolute atomic E-state index is 6.02. The third-order valence-electron chi connectivity index (χ3n) is 4.21. The minimum Gasteiger partial charge on any atom is -0.375 e. The highest BCUT2D eigenvalue weighted by molar-refractivity contribution is 5.25. The average molecular weight is 231 g/mol. The molecule has 3 rings (SSSR count). The molecule has 0 amide bonds. The number of nitrogens with one attached hydrogen (secondary N) is 1. The Kier molecular flexibility index (Phi) is 2.93. The number of benzene rings is 1. The van der Waals surface area contributed by atoms with Gasteiger partial charge in [-0.1, -0.05) is 29.8 Å². The first-order valence-corrected chi connectivity index (χ1v) is 6.71. The Balaban J connectivity index is 1.77. The molecule has 0 bridgehead atoms. The molecule has 2 nitrogen and oxygen atoms in total. The molecule has 1 unspecified atom stereocenters. The lowest BCUT2D eigenvalue weighted by molar-refractivity contribution is -0.0310. The summed E-state index contributed by atoms with van der Waals surface area (Å²) < 4.78 is 6.02. The van der Waals surface area contributed by atoms with Crippen LogP contribution < -0.4 is 5.32 Å². The van der Waals surface area contributed by atoms with Crippen LogP contribution in [0.4, 0.5) is 0 Å². The molecule has 2 saturated heterocycles. The van der Waals surface area contributed by atoms with Gasteiger partial charge >= 0.3 is 0 Å². The van der Waals surface area contributed by atoms with E-state index in [1.807, 2.05) is 0 Å². The number of hydrogen-bond acceptors (Lipinski definition) is 2. The average Bonchev–Trinajstić information content (AvgIpc) is 2.78. The molecule has 2 atom stereocenters. The molecule has 0 radical (unpaired) electrons. The monoisotopic (exact) mass is 231 g/mol. The van der Waals surface area contributed by atoms with E-state index < -0.39 is 0 Å². The van der Waals surface area contributed by atoms with E-state index in [1.54, 1.807) is 0 Å². The van der Waals surface area contributed by atoms with Crippen LogP contribution in [0.25, 0.3) is 0 Å². The molecular weight excluding hydrogens is 210 g/mol. The Bertz CT molecular complexity index is 378. The maximum Gasteiger partial charge on any atom is 0.0713 e. The van der Waals surface area contributed by atoms with Crippen LogP contribution in [0, 0.1) is 6.92 Å². The van der Waals surface area contributed by atoms with Crippen molar-refractivity contribution in [2.45, 2.75) is 44.2 Å². The molecule has 2 heterocycles. The quantitative estimate of drug-likeness (QED) is 0.802. The molecule has 1 N–H and O–H groups in total. The first-order chi connectivity index (χ1) is 8.27. The highest BCUT2D eigenvalue weighted by Gasteiger charge is 2.40. The van der Waals surface area contributed by atoms with Crippen molar-refractivity contribution in [2.75, 3.05) is 13.2 Å². The summed E-state index contributed by atoms with van der Waals surface area (Å²) in [5, 5.41) is 3.63. The van der Waals surface area contributed by atoms with Crippen molar-refractivity contribution in [3.05, 3.63) is 35.4 Å². The number of aryl methyl sites for hydroxylation is 1. The number of piperidine rings is 1. The summed E-state index contributed by atoms with van der Waals surface area (Å²) in [6, 6.07) is 9.38. The normalized spacial score (nSPS) is 33.1. The molecule has 2 heteroatoms. The molecule has 2 aliphatic heterocycles. The van der Waals surface area contributed by atoms with Gasteiger partial charge in [-0.15, -0.1) is 0 Å². The Labute approximate surface area is 103 Å². The summed E-state index contributed by atoms with van der Waals surface area (Å²) in [5.74, 6) is 0. The van der Waals surface area contributed by atoms with Crippen LogP contribution in [-0.2, 0) is 4.74 Å². The number of rotatable bonds is 1. The number of ether oxygens (including phenoxy) is 1. The minimum atomic E-state index is 0.181. The molecule has 0 aliphatic carbocycles. The van der Waals surface area contributed by atoms with Crippen LogP contribution in [0.2, 0.25) is 0 Å². The lowest BCUT2D eigenvalue weighted by atomic mass is 9.83. The molecule has 2 fully saturated rings. The van der Waals surface area contributed by atoms with Gasteiger partial charge in [-0.05, 0) is 44.7 Å². The predicted molar refractivity (Wildman–Crippen MR) is 69.1 cm³/mol. The van der Waals surface area contributed by atoms with Gasteiger partial charge in [-0.2, -0.15) is 0 Å². The molecule has 92 valence electrons. The Morgan fingerprint density at radius 3 is 2.76 bits per heavy atom. The van der Waals surface area contributed by atoms with Gasteiger partial charge in [0.25, 0.3) is 0 Å². The van der Waals surface area contributed by atoms with Gasteiger partial charge in [-0.25, -0.2) is 0 Å². The van der Waals surface area contributed by atoms with E-state index in [1.165, 1.54) is 30.4 Å². The maximum atomic E-state index is 6.02. The molecule has 0 saturated carbocycles. The first kappa shape index (κ1) is 11.2. The van der Waals surface area contributed by atoms with E-state index in [-0.39, 0.29) is 5.60 Å². The zero-order valence-corrected chi connectivity index (χ0v) is 10.5. The Morgan fingerprint density at radius 1 is 1.24 bits per heavy atom. The SMILES string of the molecule is Cc1ccc([C@@H]2CC3(CCCO3)CCN2)cc1. The van der Waals surface area contributed by atoms with Crippen molar-refractivity contribution in [3.63, 3.8) is 0 Å². The second kappa shape index (κ2) is 4.43. The fraction of sp³-hybridized carbons (Fsp3) is 0.600. The summed E-state index contributed by atoms with van der Waals surface area (Å²) in [6.45, 7) is 4.18. The summed E-state index contributed by atoms with van der Waals surface area (Å²) in [4.78, 5) is 0. The molecule has 1 spiro atoms. The van der Waals surface area contributed by atoms with Crippen LogP contribution in [0.3, 0.4) is 0 Å². The number of hydrogen-bond donors (Lipinski definition) is 1. The van der Waals surface area contributed by atoms with Crippen molar-refractivity contribution in [1.29, 1.82) is 0 Å². The zero-order chi connectivity index (χ0) is 11.7. The van der Waals surface area contributed by atoms with Crippen molar-refractivity contribution in [1.82, 2.24) is 5.32 Å². The van der Waals surface area contributed by atoms with E-state index >= 15 is 0 Å². The first-order valence-electron chi connectivity index (χ1n) is 6.71. The fourth-order valence-corrected chi connectivity index (χ4v) is 3.17. The smallest absolute Gasteiger partial charge is 0.0713 e. The van der Waals surface area contributed by atoms with Crippen LogP contribution in [-0.4, -0.2) is 18.8 Å². The second-order valence-corrected chi connectivity index (χ2v) is 5.51. The Hall–Kier alpha value is -0.860. The van der Waals surface area contributed by atoms with Crippen LogP contribution in [0.5, 0.6) is 0 Å². The van der Waals surface area contributed by atoms with Gasteiger partial charge in [-0.3, -0.25) is 0 Å². The molecule has 1 aromatic rings. The van der Waals surface area contributed by atoms with E-state index in [0.29, 0.717) is 6.04 Å². The topological polar surface area (TPSA) is 21.3 Å². The van der Waals surface area contributed by atoms with E-state index in [4.69, 9.17) is 4.74 Å². The third kappa shape index (κ3) is 2.24. The highest BCUT2D eigenvalue weighted by Crippen LogP contribution is 2.39. The van der Waals surface area contributed by atoms with Gasteiger partial charge in [0.15, 0.2) is 0 Å². The molecule has 17 heavy (non-hydrogen) atoms. The molecule has 1 aromatic carbocycles. The predicted octanol–water partition coefficient (Wildman–Crippen LogP) is 2.97. The van der Waals surface area contributed by atoms with Gasteiger partial charge < -0.3 is 10.1 Å². The highest BCUT2D eigenvalue weighted by atomic mass is 16.5. The van der Waals surface area contributed by atoms with Crippen LogP contribution in [0.1, 0.15) is 42.9 Å². The standard InChI is InChI=1S/C15H21NO/c1-12-3-5-13(6-4-12)14-11-15(8-9-16-14)7-2-10-17-15/h3-6,14,16H,2,7-11H2,1H3/t14-,15?/m0/s1. The van der Waals surface area contributed by atoms with Gasteiger partial charge in [0.2, 0.25) is 0 Å². The van der Waals surface area contributed by atoms with E-state index in [9.17, 15) is 0 Å². The lowest BCUT2D eigenvalue weighted by Gasteiger charge is -2.38. The summed E-state index contributed by atoms with van der Waals surface area (Å²) in [6.07, 6.45) is 4.79. The van der Waals surface area contributed by atoms with E-state index in [0.717, 1.165) is 19.6 Å². The van der Waals surface area contributed by atoms with Gasteiger partial charge in [0.05, 0.1) is 5.60 Å². The van der Waals surface area contributed by atoms with Crippen molar-refractivity contribution >= 4 is 0 Å². The zero-order valence-electron chi connectivity index (χ0n) is 10.5. The van der Waals surface area contributed by atoms with Crippen molar-refractivity contribution in [3.8, 4) is 0 Å². The van der Waals surface area contributed by atoms with Crippen LogP contribution >= 0.6 is 0 Å². The van der Waals surface area contributed by atoms with Gasteiger partial charge in [0.1, 0.15) is 0 Å². The fourth-order valence-electron chi connectivity index (χ4n) is 3.17. The molecular formula is C15H21NO. The molecule has 2 aliphatic rings. The van der Waals surface area contributed by atoms with E-state index in [2.05, 4.69) is 36.5 Å². The van der Waals surface area contributed by atoms with Crippen molar-refractivity contribution in [2.24, 2.45) is 0 Å². The largest absolute Gasteiger partial charge is 0.375 e. The minimum absolute atomic E-state index is 0.181. The van der Waals surface area contributed by atoms with Crippen LogP contribution in [0.15, 0.2) is 24.3 Å².